The van der Waals surface area contributed by atoms with Crippen molar-refractivity contribution in [3.8, 4) is 0 Å². The van der Waals surface area contributed by atoms with Crippen LogP contribution in [-0.2, 0) is 19.1 Å². The molecule has 2 rings (SSSR count). The minimum absolute atomic E-state index is 0.388. The van der Waals surface area contributed by atoms with Gasteiger partial charge >= 0.3 is 11.9 Å². The average Bonchev–Trinajstić information content (AvgIpc) is 2.54. The Kier molecular flexibility index (Phi) is 6.23. The average molecular weight is 330 g/mol. The summed E-state index contributed by atoms with van der Waals surface area (Å²) in [6, 6.07) is 18.7. The number of hydrogen-bond acceptors (Lipinski definition) is 5. The Labute approximate surface area is 139 Å². The molecule has 2 aromatic carbocycles. The van der Waals surface area contributed by atoms with Crippen molar-refractivity contribution < 1.29 is 19.1 Å². The van der Waals surface area contributed by atoms with Crippen molar-refractivity contribution in [2.45, 2.75) is 24.7 Å². The van der Waals surface area contributed by atoms with Crippen LogP contribution in [0.25, 0.3) is 0 Å². The smallest absolute Gasteiger partial charge is 0.304 e. The summed E-state index contributed by atoms with van der Waals surface area (Å²) >= 11 is 1.27. The molecule has 0 aliphatic heterocycles. The van der Waals surface area contributed by atoms with E-state index in [4.69, 9.17) is 9.47 Å². The molecule has 0 saturated heterocycles. The normalized spacial score (nSPS) is 13.0. The second kappa shape index (κ2) is 8.39. The highest BCUT2D eigenvalue weighted by Crippen LogP contribution is 2.42. The van der Waals surface area contributed by atoms with E-state index < -0.39 is 10.9 Å². The van der Waals surface area contributed by atoms with Gasteiger partial charge in [0.05, 0.1) is 0 Å². The maximum atomic E-state index is 11.4. The van der Waals surface area contributed by atoms with E-state index in [0.29, 0.717) is 0 Å². The fraction of sp³-hybridized carbons (Fsp3) is 0.222. The predicted molar refractivity (Wildman–Crippen MR) is 89.5 cm³/mol. The molecule has 0 N–H and O–H groups in total. The maximum Gasteiger partial charge on any atom is 0.304 e. The minimum atomic E-state index is -0.557. The van der Waals surface area contributed by atoms with Crippen LogP contribution in [-0.4, -0.2) is 11.9 Å². The molecule has 0 radical (unpaired) electrons. The van der Waals surface area contributed by atoms with E-state index in [1.807, 2.05) is 60.7 Å². The molecule has 0 saturated carbocycles. The van der Waals surface area contributed by atoms with Crippen LogP contribution in [0.15, 0.2) is 60.7 Å². The third-order valence-corrected chi connectivity index (χ3v) is 4.17. The lowest BCUT2D eigenvalue weighted by Crippen LogP contribution is -2.11. The van der Waals surface area contributed by atoms with E-state index >= 15 is 0 Å². The first-order chi connectivity index (χ1) is 11.1. The van der Waals surface area contributed by atoms with Crippen LogP contribution in [0.3, 0.4) is 0 Å². The molecule has 2 unspecified atom stereocenters. The molecule has 0 bridgehead atoms. The number of esters is 2. The summed E-state index contributed by atoms with van der Waals surface area (Å²) < 4.78 is 10.8. The fourth-order valence-electron chi connectivity index (χ4n) is 1.98. The standard InChI is InChI=1S/C18H18O4S/c1-13(19)21-17(15-9-5-3-6-10-15)23-18(22-14(2)20)16-11-7-4-8-12-16/h3-12,17-18H,1-2H3. The van der Waals surface area contributed by atoms with Gasteiger partial charge < -0.3 is 9.47 Å². The van der Waals surface area contributed by atoms with Crippen molar-refractivity contribution in [2.75, 3.05) is 0 Å². The van der Waals surface area contributed by atoms with E-state index in [1.165, 1.54) is 25.6 Å². The van der Waals surface area contributed by atoms with Crippen LogP contribution in [0, 0.1) is 0 Å². The Balaban J connectivity index is 2.26. The van der Waals surface area contributed by atoms with Crippen molar-refractivity contribution in [2.24, 2.45) is 0 Å². The second-order valence-electron chi connectivity index (χ2n) is 4.84. The number of carbonyl (C=O) groups is 2. The van der Waals surface area contributed by atoms with Gasteiger partial charge in [-0.15, -0.1) is 0 Å². The summed E-state index contributed by atoms with van der Waals surface area (Å²) in [6.07, 6.45) is 0. The monoisotopic (exact) mass is 330 g/mol. The molecule has 0 aliphatic carbocycles. The van der Waals surface area contributed by atoms with Gasteiger partial charge in [-0.1, -0.05) is 72.4 Å². The van der Waals surface area contributed by atoms with E-state index in [-0.39, 0.29) is 11.9 Å². The number of benzene rings is 2. The van der Waals surface area contributed by atoms with Gasteiger partial charge in [-0.05, 0) is 0 Å². The highest BCUT2D eigenvalue weighted by molar-refractivity contribution is 7.99. The van der Waals surface area contributed by atoms with Crippen LogP contribution in [0.2, 0.25) is 0 Å². The van der Waals surface area contributed by atoms with Crippen LogP contribution in [0.4, 0.5) is 0 Å². The highest BCUT2D eigenvalue weighted by atomic mass is 32.2. The molecule has 0 spiro atoms. The Morgan fingerprint density at radius 2 is 1.09 bits per heavy atom. The second-order valence-corrected chi connectivity index (χ2v) is 5.97. The fourth-order valence-corrected chi connectivity index (χ4v) is 3.22. The summed E-state index contributed by atoms with van der Waals surface area (Å²) in [7, 11) is 0. The van der Waals surface area contributed by atoms with Crippen molar-refractivity contribution in [3.63, 3.8) is 0 Å². The number of rotatable bonds is 6. The zero-order valence-electron chi connectivity index (χ0n) is 13.0. The first-order valence-electron chi connectivity index (χ1n) is 7.16. The van der Waals surface area contributed by atoms with Crippen molar-refractivity contribution in [1.82, 2.24) is 0 Å². The lowest BCUT2D eigenvalue weighted by atomic mass is 10.2. The predicted octanol–water partition coefficient (Wildman–Crippen LogP) is 4.24. The van der Waals surface area contributed by atoms with E-state index in [9.17, 15) is 9.59 Å². The van der Waals surface area contributed by atoms with E-state index in [0.717, 1.165) is 11.1 Å². The zero-order chi connectivity index (χ0) is 16.7. The SMILES string of the molecule is CC(=O)OC(SC(OC(C)=O)c1ccccc1)c1ccccc1. The van der Waals surface area contributed by atoms with E-state index in [2.05, 4.69) is 0 Å². The quantitative estimate of drug-likeness (QED) is 0.585. The third kappa shape index (κ3) is 5.45. The Hall–Kier alpha value is -2.27. The Morgan fingerprint density at radius 3 is 1.39 bits per heavy atom. The maximum absolute atomic E-state index is 11.4. The van der Waals surface area contributed by atoms with Gasteiger partial charge in [0.15, 0.2) is 10.9 Å². The molecule has 0 aromatic heterocycles. The molecule has 4 nitrogen and oxygen atoms in total. The molecule has 2 atom stereocenters. The highest BCUT2D eigenvalue weighted by Gasteiger charge is 2.24. The number of hydrogen-bond donors (Lipinski definition) is 0. The van der Waals surface area contributed by atoms with Crippen LogP contribution in [0.1, 0.15) is 35.8 Å². The summed E-state index contributed by atoms with van der Waals surface area (Å²) in [5, 5.41) is 0. The molecule has 23 heavy (non-hydrogen) atoms. The molecular weight excluding hydrogens is 312 g/mol. The molecular formula is C18H18O4S. The van der Waals surface area contributed by atoms with Crippen molar-refractivity contribution >= 4 is 23.7 Å². The van der Waals surface area contributed by atoms with Gasteiger partial charge in [-0.25, -0.2) is 0 Å². The van der Waals surface area contributed by atoms with Crippen LogP contribution < -0.4 is 0 Å². The van der Waals surface area contributed by atoms with Gasteiger partial charge in [-0.2, -0.15) is 0 Å². The molecule has 0 aliphatic rings. The lowest BCUT2D eigenvalue weighted by molar-refractivity contribution is -0.143. The molecule has 2 aromatic rings. The molecule has 0 fully saturated rings. The summed E-state index contributed by atoms with van der Waals surface area (Å²) in [4.78, 5) is 22.8. The molecule has 0 amide bonds. The molecule has 0 heterocycles. The van der Waals surface area contributed by atoms with Gasteiger partial charge in [0.2, 0.25) is 0 Å². The van der Waals surface area contributed by atoms with Gasteiger partial charge in [0, 0.05) is 25.0 Å². The summed E-state index contributed by atoms with van der Waals surface area (Å²) in [5.74, 6) is -0.776. The largest absolute Gasteiger partial charge is 0.446 e. The van der Waals surface area contributed by atoms with Gasteiger partial charge in [0.1, 0.15) is 0 Å². The number of thioether (sulfide) groups is 1. The van der Waals surface area contributed by atoms with Gasteiger partial charge in [-0.3, -0.25) is 9.59 Å². The minimum Gasteiger partial charge on any atom is -0.446 e. The number of ether oxygens (including phenoxy) is 2. The van der Waals surface area contributed by atoms with Crippen LogP contribution >= 0.6 is 11.8 Å². The topological polar surface area (TPSA) is 52.6 Å². The lowest BCUT2D eigenvalue weighted by Gasteiger charge is -2.23. The van der Waals surface area contributed by atoms with Crippen molar-refractivity contribution in [1.29, 1.82) is 0 Å². The zero-order valence-corrected chi connectivity index (χ0v) is 13.8. The first kappa shape index (κ1) is 17.1. The Bertz CT molecular complexity index is 585. The van der Waals surface area contributed by atoms with Crippen molar-refractivity contribution in [3.05, 3.63) is 71.8 Å². The summed E-state index contributed by atoms with van der Waals surface area (Å²) in [5.41, 5.74) is 0.554. The molecule has 5 heteroatoms. The first-order valence-corrected chi connectivity index (χ1v) is 8.10. The van der Waals surface area contributed by atoms with E-state index in [1.54, 1.807) is 0 Å². The third-order valence-electron chi connectivity index (χ3n) is 2.94. The van der Waals surface area contributed by atoms with Crippen LogP contribution in [0.5, 0.6) is 0 Å². The molecule has 120 valence electrons. The Morgan fingerprint density at radius 1 is 0.739 bits per heavy atom. The van der Waals surface area contributed by atoms with Gasteiger partial charge in [0.25, 0.3) is 0 Å². The number of carbonyl (C=O) groups excluding carboxylic acids is 2. The summed E-state index contributed by atoms with van der Waals surface area (Å²) in [6.45, 7) is 2.72.